The van der Waals surface area contributed by atoms with Gasteiger partial charge in [0.25, 0.3) is 0 Å². The van der Waals surface area contributed by atoms with Crippen molar-refractivity contribution in [1.82, 2.24) is 0 Å². The molecule has 0 heterocycles. The highest BCUT2D eigenvalue weighted by Gasteiger charge is 2.02. The summed E-state index contributed by atoms with van der Waals surface area (Å²) in [7, 11) is 1.69. The zero-order valence-corrected chi connectivity index (χ0v) is 9.25. The normalized spacial score (nSPS) is 12.5. The molecular weight excluding hydrogens is 200 g/mol. The lowest BCUT2D eigenvalue weighted by Crippen LogP contribution is -2.10. The van der Waals surface area contributed by atoms with Crippen LogP contribution in [0.3, 0.4) is 0 Å². The first kappa shape index (κ1) is 11.3. The molecule has 0 saturated carbocycles. The Morgan fingerprint density at radius 1 is 1.36 bits per heavy atom. The Morgan fingerprint density at radius 2 is 2.07 bits per heavy atom. The smallest absolute Gasteiger partial charge is 0.137 e. The third-order valence-electron chi connectivity index (χ3n) is 2.02. The van der Waals surface area contributed by atoms with Crippen molar-refractivity contribution in [2.45, 2.75) is 19.4 Å². The SMILES string of the molecule is COC(C)CCOc1ccccc1Cl. The third kappa shape index (κ3) is 3.56. The van der Waals surface area contributed by atoms with Crippen LogP contribution in [0, 0.1) is 0 Å². The number of halogens is 1. The number of methoxy groups -OCH3 is 1. The molecule has 0 aliphatic heterocycles. The minimum Gasteiger partial charge on any atom is -0.492 e. The van der Waals surface area contributed by atoms with Gasteiger partial charge in [0.2, 0.25) is 0 Å². The average molecular weight is 215 g/mol. The zero-order valence-electron chi connectivity index (χ0n) is 8.50. The Bertz CT molecular complexity index is 276. The summed E-state index contributed by atoms with van der Waals surface area (Å²) in [5.41, 5.74) is 0. The number of benzene rings is 1. The van der Waals surface area contributed by atoms with E-state index in [1.165, 1.54) is 0 Å². The number of hydrogen-bond donors (Lipinski definition) is 0. The van der Waals surface area contributed by atoms with Crippen molar-refractivity contribution in [1.29, 1.82) is 0 Å². The molecule has 0 spiro atoms. The second-order valence-electron chi connectivity index (χ2n) is 3.11. The maximum absolute atomic E-state index is 5.92. The predicted molar refractivity (Wildman–Crippen MR) is 58.0 cm³/mol. The van der Waals surface area contributed by atoms with E-state index in [0.717, 1.165) is 12.2 Å². The monoisotopic (exact) mass is 214 g/mol. The lowest BCUT2D eigenvalue weighted by molar-refractivity contribution is 0.0956. The molecule has 0 aromatic heterocycles. The largest absolute Gasteiger partial charge is 0.492 e. The minimum absolute atomic E-state index is 0.220. The van der Waals surface area contributed by atoms with Crippen molar-refractivity contribution >= 4 is 11.6 Å². The molecule has 0 N–H and O–H groups in total. The molecule has 0 bridgehead atoms. The van der Waals surface area contributed by atoms with E-state index < -0.39 is 0 Å². The molecule has 1 atom stereocenters. The van der Waals surface area contributed by atoms with Gasteiger partial charge in [0.05, 0.1) is 17.7 Å². The van der Waals surface area contributed by atoms with Gasteiger partial charge in [-0.25, -0.2) is 0 Å². The number of para-hydroxylation sites is 1. The Labute approximate surface area is 89.8 Å². The van der Waals surface area contributed by atoms with Crippen molar-refractivity contribution in [2.24, 2.45) is 0 Å². The lowest BCUT2D eigenvalue weighted by Gasteiger charge is -2.11. The molecule has 78 valence electrons. The molecule has 1 aromatic carbocycles. The minimum atomic E-state index is 0.220. The highest BCUT2D eigenvalue weighted by Crippen LogP contribution is 2.23. The predicted octanol–water partition coefficient (Wildman–Crippen LogP) is 3.14. The first-order valence-electron chi connectivity index (χ1n) is 4.64. The summed E-state index contributed by atoms with van der Waals surface area (Å²) >= 11 is 5.92. The molecule has 0 aliphatic rings. The number of ether oxygens (including phenoxy) is 2. The molecule has 1 unspecified atom stereocenters. The van der Waals surface area contributed by atoms with Gasteiger partial charge in [0.15, 0.2) is 0 Å². The summed E-state index contributed by atoms with van der Waals surface area (Å²) in [5.74, 6) is 0.734. The average Bonchev–Trinajstić information content (AvgIpc) is 2.20. The van der Waals surface area contributed by atoms with Crippen molar-refractivity contribution < 1.29 is 9.47 Å². The topological polar surface area (TPSA) is 18.5 Å². The van der Waals surface area contributed by atoms with Crippen LogP contribution in [-0.4, -0.2) is 19.8 Å². The first-order chi connectivity index (χ1) is 6.74. The maximum Gasteiger partial charge on any atom is 0.137 e. The Hall–Kier alpha value is -0.730. The van der Waals surface area contributed by atoms with E-state index in [4.69, 9.17) is 21.1 Å². The number of hydrogen-bond acceptors (Lipinski definition) is 2. The molecule has 0 saturated heterocycles. The summed E-state index contributed by atoms with van der Waals surface area (Å²) in [6.07, 6.45) is 1.08. The molecule has 0 radical (unpaired) electrons. The fourth-order valence-corrected chi connectivity index (χ4v) is 1.20. The van der Waals surface area contributed by atoms with Gasteiger partial charge in [-0.1, -0.05) is 23.7 Å². The summed E-state index contributed by atoms with van der Waals surface area (Å²) in [5, 5.41) is 0.651. The standard InChI is InChI=1S/C11H15ClO2/c1-9(13-2)7-8-14-11-6-4-3-5-10(11)12/h3-6,9H,7-8H2,1-2H3. The third-order valence-corrected chi connectivity index (χ3v) is 2.33. The summed E-state index contributed by atoms with van der Waals surface area (Å²) in [6.45, 7) is 2.63. The van der Waals surface area contributed by atoms with Gasteiger partial charge in [0.1, 0.15) is 5.75 Å². The molecule has 1 aromatic rings. The van der Waals surface area contributed by atoms with E-state index in [0.29, 0.717) is 11.6 Å². The van der Waals surface area contributed by atoms with E-state index in [9.17, 15) is 0 Å². The van der Waals surface area contributed by atoms with Crippen molar-refractivity contribution in [3.8, 4) is 5.75 Å². The summed E-state index contributed by atoms with van der Waals surface area (Å²) in [6, 6.07) is 7.46. The van der Waals surface area contributed by atoms with Gasteiger partial charge in [-0.05, 0) is 19.1 Å². The van der Waals surface area contributed by atoms with Crippen molar-refractivity contribution in [3.05, 3.63) is 29.3 Å². The molecule has 0 aliphatic carbocycles. The van der Waals surface area contributed by atoms with Crippen LogP contribution in [0.1, 0.15) is 13.3 Å². The van der Waals surface area contributed by atoms with Crippen LogP contribution in [0.5, 0.6) is 5.75 Å². The van der Waals surface area contributed by atoms with Gasteiger partial charge < -0.3 is 9.47 Å². The Morgan fingerprint density at radius 3 is 2.71 bits per heavy atom. The van der Waals surface area contributed by atoms with E-state index >= 15 is 0 Å². The molecule has 14 heavy (non-hydrogen) atoms. The van der Waals surface area contributed by atoms with Crippen LogP contribution in [0.25, 0.3) is 0 Å². The number of rotatable bonds is 5. The molecule has 2 nitrogen and oxygen atoms in total. The van der Waals surface area contributed by atoms with Gasteiger partial charge in [-0.3, -0.25) is 0 Å². The van der Waals surface area contributed by atoms with Crippen LogP contribution in [0.2, 0.25) is 5.02 Å². The van der Waals surface area contributed by atoms with Crippen LogP contribution in [0.4, 0.5) is 0 Å². The first-order valence-corrected chi connectivity index (χ1v) is 5.02. The maximum atomic E-state index is 5.92. The van der Waals surface area contributed by atoms with Gasteiger partial charge in [-0.15, -0.1) is 0 Å². The molecule has 0 amide bonds. The second-order valence-corrected chi connectivity index (χ2v) is 3.52. The highest BCUT2D eigenvalue weighted by atomic mass is 35.5. The molecule has 1 rings (SSSR count). The lowest BCUT2D eigenvalue weighted by atomic mass is 10.3. The van der Waals surface area contributed by atoms with Gasteiger partial charge >= 0.3 is 0 Å². The van der Waals surface area contributed by atoms with Crippen molar-refractivity contribution in [2.75, 3.05) is 13.7 Å². The Kier molecular flexibility index (Phi) is 4.77. The molecule has 3 heteroatoms. The highest BCUT2D eigenvalue weighted by molar-refractivity contribution is 6.32. The van der Waals surface area contributed by atoms with Crippen LogP contribution in [-0.2, 0) is 4.74 Å². The molecular formula is C11H15ClO2. The van der Waals surface area contributed by atoms with E-state index in [1.807, 2.05) is 31.2 Å². The van der Waals surface area contributed by atoms with Crippen LogP contribution < -0.4 is 4.74 Å². The second kappa shape index (κ2) is 5.89. The summed E-state index contributed by atoms with van der Waals surface area (Å²) in [4.78, 5) is 0. The Balaban J connectivity index is 2.35. The van der Waals surface area contributed by atoms with Gasteiger partial charge in [0, 0.05) is 13.5 Å². The fraction of sp³-hybridized carbons (Fsp3) is 0.455. The molecule has 0 fully saturated rings. The van der Waals surface area contributed by atoms with Crippen molar-refractivity contribution in [3.63, 3.8) is 0 Å². The zero-order chi connectivity index (χ0) is 10.4. The van der Waals surface area contributed by atoms with E-state index in [1.54, 1.807) is 7.11 Å². The van der Waals surface area contributed by atoms with E-state index in [-0.39, 0.29) is 6.10 Å². The van der Waals surface area contributed by atoms with Crippen LogP contribution in [0.15, 0.2) is 24.3 Å². The van der Waals surface area contributed by atoms with E-state index in [2.05, 4.69) is 0 Å². The van der Waals surface area contributed by atoms with Gasteiger partial charge in [-0.2, -0.15) is 0 Å². The van der Waals surface area contributed by atoms with Crippen LogP contribution >= 0.6 is 11.6 Å². The quantitative estimate of drug-likeness (QED) is 0.750. The summed E-state index contributed by atoms with van der Waals surface area (Å²) < 4.78 is 10.6. The fourth-order valence-electron chi connectivity index (χ4n) is 1.01.